The highest BCUT2D eigenvalue weighted by molar-refractivity contribution is 5.95. The summed E-state index contributed by atoms with van der Waals surface area (Å²) < 4.78 is 38.3. The van der Waals surface area contributed by atoms with Crippen LogP contribution in [0.4, 0.5) is 24.7 Å². The summed E-state index contributed by atoms with van der Waals surface area (Å²) in [5.41, 5.74) is 2.14. The van der Waals surface area contributed by atoms with Crippen LogP contribution in [0.5, 0.6) is 0 Å². The van der Waals surface area contributed by atoms with Gasteiger partial charge in [-0.1, -0.05) is 18.2 Å². The number of carbonyl (C=O) groups excluding carboxylic acids is 1. The van der Waals surface area contributed by atoms with E-state index in [2.05, 4.69) is 15.2 Å². The number of rotatable bonds is 4. The molecule has 1 aromatic heterocycles. The third-order valence-electron chi connectivity index (χ3n) is 5.59. The summed E-state index contributed by atoms with van der Waals surface area (Å²) in [4.78, 5) is 20.9. The number of aryl methyl sites for hydroxylation is 2. The van der Waals surface area contributed by atoms with Crippen LogP contribution in [0.1, 0.15) is 30.0 Å². The van der Waals surface area contributed by atoms with Crippen molar-refractivity contribution in [1.29, 1.82) is 0 Å². The van der Waals surface area contributed by atoms with Gasteiger partial charge in [0.25, 0.3) is 0 Å². The molecule has 1 aliphatic heterocycles. The van der Waals surface area contributed by atoms with E-state index in [0.717, 1.165) is 42.0 Å². The molecule has 0 saturated carbocycles. The standard InChI is InChI=1S/C22H27F3N4O/c1-15-6-4-7-16(2)20(15)27-21(30)17(3)28-10-5-11-29(13-12-28)19-9-8-18(14-26-19)22(23,24)25/h4,6-9,14,17H,5,10-13H2,1-3H3,(H,27,30)/t17-/m0/s1. The Hall–Kier alpha value is -2.61. The zero-order valence-electron chi connectivity index (χ0n) is 17.5. The van der Waals surface area contributed by atoms with E-state index < -0.39 is 11.7 Å². The minimum atomic E-state index is -4.39. The molecule has 2 aromatic rings. The van der Waals surface area contributed by atoms with Crippen molar-refractivity contribution in [2.45, 2.75) is 39.4 Å². The molecule has 0 unspecified atom stereocenters. The van der Waals surface area contributed by atoms with Crippen molar-refractivity contribution in [3.63, 3.8) is 0 Å². The smallest absolute Gasteiger partial charge is 0.355 e. The van der Waals surface area contributed by atoms with Crippen LogP contribution in [0.2, 0.25) is 0 Å². The first-order chi connectivity index (χ1) is 14.2. The normalized spacial score (nSPS) is 16.8. The Bertz CT molecular complexity index is 863. The van der Waals surface area contributed by atoms with Gasteiger partial charge >= 0.3 is 6.18 Å². The van der Waals surface area contributed by atoms with E-state index >= 15 is 0 Å². The van der Waals surface area contributed by atoms with E-state index in [-0.39, 0.29) is 11.9 Å². The topological polar surface area (TPSA) is 48.5 Å². The Morgan fingerprint density at radius 3 is 2.37 bits per heavy atom. The lowest BCUT2D eigenvalue weighted by Gasteiger charge is -2.27. The predicted molar refractivity (Wildman–Crippen MR) is 112 cm³/mol. The summed E-state index contributed by atoms with van der Waals surface area (Å²) in [6, 6.07) is 8.05. The van der Waals surface area contributed by atoms with Crippen LogP contribution in [0, 0.1) is 13.8 Å². The summed E-state index contributed by atoms with van der Waals surface area (Å²) in [6.45, 7) is 8.46. The summed E-state index contributed by atoms with van der Waals surface area (Å²) in [5, 5.41) is 3.05. The third kappa shape index (κ3) is 5.11. The first-order valence-corrected chi connectivity index (χ1v) is 10.1. The number of halogens is 3. The van der Waals surface area contributed by atoms with Crippen LogP contribution in [0.25, 0.3) is 0 Å². The number of para-hydroxylation sites is 1. The first-order valence-electron chi connectivity index (χ1n) is 10.1. The van der Waals surface area contributed by atoms with Crippen molar-refractivity contribution in [2.24, 2.45) is 0 Å². The van der Waals surface area contributed by atoms with Gasteiger partial charge in [0.05, 0.1) is 11.6 Å². The van der Waals surface area contributed by atoms with Gasteiger partial charge in [0.2, 0.25) is 5.91 Å². The molecular weight excluding hydrogens is 393 g/mol. The average molecular weight is 420 g/mol. The van der Waals surface area contributed by atoms with Gasteiger partial charge < -0.3 is 10.2 Å². The summed E-state index contributed by atoms with van der Waals surface area (Å²) in [7, 11) is 0. The van der Waals surface area contributed by atoms with Gasteiger partial charge in [-0.05, 0) is 50.5 Å². The van der Waals surface area contributed by atoms with Crippen molar-refractivity contribution >= 4 is 17.4 Å². The van der Waals surface area contributed by atoms with E-state index in [1.54, 1.807) is 0 Å². The van der Waals surface area contributed by atoms with E-state index in [1.807, 2.05) is 43.9 Å². The number of hydrogen-bond donors (Lipinski definition) is 1. The van der Waals surface area contributed by atoms with Crippen molar-refractivity contribution in [1.82, 2.24) is 9.88 Å². The zero-order chi connectivity index (χ0) is 21.9. The molecule has 3 rings (SSSR count). The Labute approximate surface area is 174 Å². The summed E-state index contributed by atoms with van der Waals surface area (Å²) in [5.74, 6) is 0.464. The fourth-order valence-corrected chi connectivity index (χ4v) is 3.70. The van der Waals surface area contributed by atoms with Crippen molar-refractivity contribution in [3.8, 4) is 0 Å². The molecule has 0 bridgehead atoms. The Kier molecular flexibility index (Phi) is 6.65. The molecular formula is C22H27F3N4O. The molecule has 1 atom stereocenters. The van der Waals surface area contributed by atoms with Crippen LogP contribution >= 0.6 is 0 Å². The molecule has 0 spiro atoms. The second-order valence-electron chi connectivity index (χ2n) is 7.71. The highest BCUT2D eigenvalue weighted by atomic mass is 19.4. The maximum atomic E-state index is 12.8. The van der Waals surface area contributed by atoms with Gasteiger partial charge in [0.1, 0.15) is 5.82 Å². The molecule has 1 fully saturated rings. The minimum absolute atomic E-state index is 0.0616. The maximum Gasteiger partial charge on any atom is 0.417 e. The molecule has 1 amide bonds. The molecule has 1 N–H and O–H groups in total. The number of anilines is 2. The van der Waals surface area contributed by atoms with E-state index in [1.165, 1.54) is 6.07 Å². The largest absolute Gasteiger partial charge is 0.417 e. The summed E-state index contributed by atoms with van der Waals surface area (Å²) >= 11 is 0. The number of hydrogen-bond acceptors (Lipinski definition) is 4. The molecule has 1 aliphatic rings. The highest BCUT2D eigenvalue weighted by Crippen LogP contribution is 2.29. The van der Waals surface area contributed by atoms with Crippen LogP contribution in [-0.2, 0) is 11.0 Å². The summed E-state index contributed by atoms with van der Waals surface area (Å²) in [6.07, 6.45) is -2.72. The zero-order valence-corrected chi connectivity index (χ0v) is 17.5. The maximum absolute atomic E-state index is 12.8. The highest BCUT2D eigenvalue weighted by Gasteiger charge is 2.31. The number of alkyl halides is 3. The second-order valence-corrected chi connectivity index (χ2v) is 7.71. The van der Waals surface area contributed by atoms with Gasteiger partial charge in [-0.2, -0.15) is 13.2 Å². The van der Waals surface area contributed by atoms with E-state index in [4.69, 9.17) is 0 Å². The van der Waals surface area contributed by atoms with Gasteiger partial charge in [-0.15, -0.1) is 0 Å². The molecule has 30 heavy (non-hydrogen) atoms. The number of benzene rings is 1. The monoisotopic (exact) mass is 420 g/mol. The minimum Gasteiger partial charge on any atom is -0.355 e. The fourth-order valence-electron chi connectivity index (χ4n) is 3.70. The number of nitrogens with one attached hydrogen (secondary N) is 1. The van der Waals surface area contributed by atoms with E-state index in [9.17, 15) is 18.0 Å². The molecule has 2 heterocycles. The molecule has 8 heteroatoms. The van der Waals surface area contributed by atoms with Gasteiger partial charge in [-0.3, -0.25) is 9.69 Å². The number of aromatic nitrogens is 1. The molecule has 162 valence electrons. The second kappa shape index (κ2) is 9.04. The molecule has 5 nitrogen and oxygen atoms in total. The van der Waals surface area contributed by atoms with Crippen LogP contribution in [-0.4, -0.2) is 48.0 Å². The van der Waals surface area contributed by atoms with Gasteiger partial charge in [-0.25, -0.2) is 4.98 Å². The molecule has 0 aliphatic carbocycles. The first kappa shape index (κ1) is 22.1. The lowest BCUT2D eigenvalue weighted by Crippen LogP contribution is -2.44. The molecule has 1 saturated heterocycles. The number of pyridine rings is 1. The Balaban J connectivity index is 1.62. The number of nitrogens with zero attached hydrogens (tertiary/aromatic N) is 3. The molecule has 1 aromatic carbocycles. The number of carbonyl (C=O) groups is 1. The predicted octanol–water partition coefficient (Wildman–Crippen LogP) is 4.26. The lowest BCUT2D eigenvalue weighted by atomic mass is 10.1. The van der Waals surface area contributed by atoms with E-state index in [0.29, 0.717) is 25.5 Å². The third-order valence-corrected chi connectivity index (χ3v) is 5.59. The number of amides is 1. The SMILES string of the molecule is Cc1cccc(C)c1NC(=O)[C@H](C)N1CCCN(c2ccc(C(F)(F)F)cn2)CC1. The van der Waals surface area contributed by atoms with Crippen LogP contribution in [0.15, 0.2) is 36.5 Å². The molecule has 0 radical (unpaired) electrons. The lowest BCUT2D eigenvalue weighted by molar-refractivity contribution is -0.137. The van der Waals surface area contributed by atoms with Crippen molar-refractivity contribution < 1.29 is 18.0 Å². The van der Waals surface area contributed by atoms with Crippen molar-refractivity contribution in [3.05, 3.63) is 53.2 Å². The van der Waals surface area contributed by atoms with Gasteiger partial charge in [0, 0.05) is 38.1 Å². The Morgan fingerprint density at radius 2 is 1.77 bits per heavy atom. The average Bonchev–Trinajstić information content (AvgIpc) is 2.96. The fraction of sp³-hybridized carbons (Fsp3) is 0.455. The van der Waals surface area contributed by atoms with Gasteiger partial charge in [0.15, 0.2) is 0 Å². The van der Waals surface area contributed by atoms with Crippen molar-refractivity contribution in [2.75, 3.05) is 36.4 Å². The van der Waals surface area contributed by atoms with Crippen LogP contribution < -0.4 is 10.2 Å². The van der Waals surface area contributed by atoms with Crippen LogP contribution in [0.3, 0.4) is 0 Å². The quantitative estimate of drug-likeness (QED) is 0.803. The Morgan fingerprint density at radius 1 is 1.07 bits per heavy atom.